The Morgan fingerprint density at radius 2 is 2.11 bits per heavy atom. The molecule has 1 N–H and O–H groups in total. The van der Waals surface area contributed by atoms with Crippen LogP contribution in [-0.4, -0.2) is 20.3 Å². The second kappa shape index (κ2) is 8.23. The summed E-state index contributed by atoms with van der Waals surface area (Å²) < 4.78 is 10.7. The largest absolute Gasteiger partial charge is 1.00 e. The normalized spacial score (nSPS) is 10.2. The molecular formula is C14H16Cl2NO2-. The number of furan rings is 1. The minimum atomic E-state index is 0. The van der Waals surface area contributed by atoms with Crippen molar-refractivity contribution in [2.75, 3.05) is 20.3 Å². The zero-order valence-corrected chi connectivity index (χ0v) is 12.2. The van der Waals surface area contributed by atoms with Crippen molar-refractivity contribution in [2.45, 2.75) is 6.54 Å². The third-order valence-corrected chi connectivity index (χ3v) is 2.79. The minimum Gasteiger partial charge on any atom is -1.00 e. The van der Waals surface area contributed by atoms with Gasteiger partial charge in [0.05, 0.1) is 13.2 Å². The summed E-state index contributed by atoms with van der Waals surface area (Å²) in [5, 5.41) is 3.95. The molecule has 0 aliphatic heterocycles. The Morgan fingerprint density at radius 3 is 2.84 bits per heavy atom. The number of halogens is 2. The summed E-state index contributed by atoms with van der Waals surface area (Å²) in [7, 11) is 1.69. The molecule has 1 aromatic heterocycles. The van der Waals surface area contributed by atoms with Crippen LogP contribution in [0, 0.1) is 0 Å². The maximum atomic E-state index is 5.95. The highest BCUT2D eigenvalue weighted by Crippen LogP contribution is 2.24. The lowest BCUT2D eigenvalue weighted by atomic mass is 10.2. The van der Waals surface area contributed by atoms with E-state index in [4.69, 9.17) is 20.8 Å². The lowest BCUT2D eigenvalue weighted by molar-refractivity contribution is -0.00000451. The van der Waals surface area contributed by atoms with Crippen molar-refractivity contribution in [1.82, 2.24) is 5.32 Å². The molecule has 104 valence electrons. The average molecular weight is 301 g/mol. The Hall–Kier alpha value is -1.000. The summed E-state index contributed by atoms with van der Waals surface area (Å²) >= 11 is 5.95. The second-order valence-corrected chi connectivity index (χ2v) is 4.38. The van der Waals surface area contributed by atoms with E-state index in [1.807, 2.05) is 36.4 Å². The van der Waals surface area contributed by atoms with Crippen LogP contribution in [0.4, 0.5) is 0 Å². The molecule has 1 aromatic carbocycles. The predicted octanol–water partition coefficient (Wildman–Crippen LogP) is 0.340. The molecule has 0 saturated heterocycles. The van der Waals surface area contributed by atoms with Crippen molar-refractivity contribution >= 4 is 11.6 Å². The van der Waals surface area contributed by atoms with Crippen molar-refractivity contribution < 1.29 is 21.6 Å². The maximum absolute atomic E-state index is 5.95. The SMILES string of the molecule is COCCNCc1ccc(-c2cccc(Cl)c2)o1.[Cl-]. The summed E-state index contributed by atoms with van der Waals surface area (Å²) in [6.07, 6.45) is 0. The molecule has 3 nitrogen and oxygen atoms in total. The van der Waals surface area contributed by atoms with E-state index in [0.717, 1.165) is 23.6 Å². The lowest BCUT2D eigenvalue weighted by Gasteiger charge is -2.01. The van der Waals surface area contributed by atoms with Crippen LogP contribution in [0.25, 0.3) is 11.3 Å². The first-order chi connectivity index (χ1) is 8.79. The summed E-state index contributed by atoms with van der Waals surface area (Å²) in [6.45, 7) is 2.20. The Balaban J connectivity index is 0.00000180. The Bertz CT molecular complexity index is 500. The summed E-state index contributed by atoms with van der Waals surface area (Å²) in [5.74, 6) is 1.74. The standard InChI is InChI=1S/C14H16ClNO2.ClH/c1-17-8-7-16-10-13-5-6-14(18-13)11-3-2-4-12(15)9-11;/h2-6,9,16H,7-8,10H2,1H3;1H/p-1. The van der Waals surface area contributed by atoms with Crippen LogP contribution >= 0.6 is 11.6 Å². The Kier molecular flexibility index (Phi) is 6.95. The van der Waals surface area contributed by atoms with Gasteiger partial charge in [-0.15, -0.1) is 0 Å². The van der Waals surface area contributed by atoms with Crippen molar-refractivity contribution in [3.05, 3.63) is 47.2 Å². The van der Waals surface area contributed by atoms with E-state index in [9.17, 15) is 0 Å². The van der Waals surface area contributed by atoms with Crippen LogP contribution in [0.3, 0.4) is 0 Å². The van der Waals surface area contributed by atoms with E-state index in [0.29, 0.717) is 18.2 Å². The molecule has 0 radical (unpaired) electrons. The topological polar surface area (TPSA) is 34.4 Å². The molecule has 0 aliphatic carbocycles. The van der Waals surface area contributed by atoms with E-state index in [2.05, 4.69) is 5.32 Å². The van der Waals surface area contributed by atoms with Gasteiger partial charge in [-0.1, -0.05) is 23.7 Å². The van der Waals surface area contributed by atoms with Crippen LogP contribution in [0.5, 0.6) is 0 Å². The molecule has 0 amide bonds. The van der Waals surface area contributed by atoms with Crippen LogP contribution in [-0.2, 0) is 11.3 Å². The van der Waals surface area contributed by atoms with Gasteiger partial charge in [0.25, 0.3) is 0 Å². The van der Waals surface area contributed by atoms with Crippen molar-refractivity contribution in [3.8, 4) is 11.3 Å². The summed E-state index contributed by atoms with van der Waals surface area (Å²) in [5.41, 5.74) is 0.991. The Morgan fingerprint density at radius 1 is 1.26 bits per heavy atom. The van der Waals surface area contributed by atoms with E-state index in [1.165, 1.54) is 0 Å². The van der Waals surface area contributed by atoms with Gasteiger partial charge in [-0.25, -0.2) is 0 Å². The number of benzene rings is 1. The third kappa shape index (κ3) is 4.88. The van der Waals surface area contributed by atoms with E-state index in [-0.39, 0.29) is 12.4 Å². The van der Waals surface area contributed by atoms with E-state index < -0.39 is 0 Å². The molecule has 0 atom stereocenters. The van der Waals surface area contributed by atoms with Gasteiger partial charge in [-0.05, 0) is 24.3 Å². The monoisotopic (exact) mass is 300 g/mol. The fourth-order valence-corrected chi connectivity index (χ4v) is 1.85. The molecule has 0 saturated carbocycles. The van der Waals surface area contributed by atoms with Crippen molar-refractivity contribution in [3.63, 3.8) is 0 Å². The van der Waals surface area contributed by atoms with Gasteiger partial charge in [0.2, 0.25) is 0 Å². The highest BCUT2D eigenvalue weighted by molar-refractivity contribution is 6.30. The van der Waals surface area contributed by atoms with Gasteiger partial charge in [0.15, 0.2) is 0 Å². The summed E-state index contributed by atoms with van der Waals surface area (Å²) in [4.78, 5) is 0. The van der Waals surface area contributed by atoms with Crippen LogP contribution < -0.4 is 17.7 Å². The van der Waals surface area contributed by atoms with Crippen LogP contribution in [0.1, 0.15) is 5.76 Å². The van der Waals surface area contributed by atoms with Crippen molar-refractivity contribution in [1.29, 1.82) is 0 Å². The van der Waals surface area contributed by atoms with Gasteiger partial charge in [0, 0.05) is 24.2 Å². The summed E-state index contributed by atoms with van der Waals surface area (Å²) in [6, 6.07) is 11.6. The molecule has 2 rings (SSSR count). The molecular weight excluding hydrogens is 285 g/mol. The molecule has 19 heavy (non-hydrogen) atoms. The molecule has 0 aliphatic rings. The first-order valence-electron chi connectivity index (χ1n) is 5.84. The molecule has 2 aromatic rings. The van der Waals surface area contributed by atoms with Gasteiger partial charge in [0.1, 0.15) is 11.5 Å². The van der Waals surface area contributed by atoms with Crippen LogP contribution in [0.15, 0.2) is 40.8 Å². The third-order valence-electron chi connectivity index (χ3n) is 2.55. The van der Waals surface area contributed by atoms with Gasteiger partial charge in [-0.3, -0.25) is 0 Å². The highest BCUT2D eigenvalue weighted by atomic mass is 35.5. The number of methoxy groups -OCH3 is 1. The molecule has 0 bridgehead atoms. The predicted molar refractivity (Wildman–Crippen MR) is 72.7 cm³/mol. The second-order valence-electron chi connectivity index (χ2n) is 3.95. The number of rotatable bonds is 6. The Labute approximate surface area is 124 Å². The molecule has 0 unspecified atom stereocenters. The fraction of sp³-hybridized carbons (Fsp3) is 0.286. The zero-order valence-electron chi connectivity index (χ0n) is 10.7. The first kappa shape index (κ1) is 16.1. The molecule has 0 fully saturated rings. The first-order valence-corrected chi connectivity index (χ1v) is 6.21. The van der Waals surface area contributed by atoms with E-state index in [1.54, 1.807) is 7.11 Å². The highest BCUT2D eigenvalue weighted by Gasteiger charge is 2.04. The number of nitrogens with one attached hydrogen (secondary N) is 1. The van der Waals surface area contributed by atoms with Crippen molar-refractivity contribution in [2.24, 2.45) is 0 Å². The lowest BCUT2D eigenvalue weighted by Crippen LogP contribution is -3.00. The van der Waals surface area contributed by atoms with Gasteiger partial charge in [-0.2, -0.15) is 0 Å². The number of hydrogen-bond acceptors (Lipinski definition) is 3. The zero-order chi connectivity index (χ0) is 12.8. The smallest absolute Gasteiger partial charge is 0.134 e. The fourth-order valence-electron chi connectivity index (χ4n) is 1.66. The van der Waals surface area contributed by atoms with Gasteiger partial charge < -0.3 is 26.9 Å². The van der Waals surface area contributed by atoms with Gasteiger partial charge >= 0.3 is 0 Å². The molecule has 0 spiro atoms. The van der Waals surface area contributed by atoms with Crippen LogP contribution in [0.2, 0.25) is 5.02 Å². The minimum absolute atomic E-state index is 0. The molecule has 5 heteroatoms. The quantitative estimate of drug-likeness (QED) is 0.782. The molecule has 1 heterocycles. The number of ether oxygens (including phenoxy) is 1. The number of hydrogen-bond donors (Lipinski definition) is 1. The van der Waals surface area contributed by atoms with E-state index >= 15 is 0 Å². The maximum Gasteiger partial charge on any atom is 0.134 e. The average Bonchev–Trinajstić information content (AvgIpc) is 2.83.